The number of unbranched alkanes of at least 4 members (excludes halogenated alkanes) is 1. The van der Waals surface area contributed by atoms with E-state index in [4.69, 9.17) is 11.6 Å². The third-order valence-corrected chi connectivity index (χ3v) is 4.38. The number of amides is 2. The number of rotatable bonds is 5. The molecule has 21 heavy (non-hydrogen) atoms. The van der Waals surface area contributed by atoms with E-state index in [1.54, 1.807) is 12.1 Å². The first-order valence-electron chi connectivity index (χ1n) is 8.04. The van der Waals surface area contributed by atoms with Gasteiger partial charge in [-0.2, -0.15) is 0 Å². The molecule has 0 bridgehead atoms. The van der Waals surface area contributed by atoms with Gasteiger partial charge >= 0.3 is 6.03 Å². The van der Waals surface area contributed by atoms with Crippen molar-refractivity contribution < 1.29 is 4.79 Å². The van der Waals surface area contributed by atoms with Crippen LogP contribution in [0.1, 0.15) is 51.9 Å². The van der Waals surface area contributed by atoms with Crippen LogP contribution in [0.4, 0.5) is 10.5 Å². The maximum absolute atomic E-state index is 12.6. The second-order valence-electron chi connectivity index (χ2n) is 5.78. The maximum Gasteiger partial charge on any atom is 0.322 e. The van der Waals surface area contributed by atoms with Crippen LogP contribution < -0.4 is 5.32 Å². The fourth-order valence-electron chi connectivity index (χ4n) is 2.90. The molecule has 0 radical (unpaired) electrons. The number of halogens is 1. The molecular formula is C17H25ClN2O. The molecule has 3 nitrogen and oxygen atoms in total. The van der Waals surface area contributed by atoms with Crippen molar-refractivity contribution in [3.63, 3.8) is 0 Å². The Morgan fingerprint density at radius 2 is 1.90 bits per heavy atom. The molecule has 1 aromatic rings. The lowest BCUT2D eigenvalue weighted by atomic mass is 9.94. The zero-order valence-corrected chi connectivity index (χ0v) is 13.5. The SMILES string of the molecule is CCCCN(C(=O)Nc1ccc(Cl)cc1)C1CCCCC1. The molecule has 0 aliphatic heterocycles. The molecule has 1 aliphatic carbocycles. The molecule has 2 amide bonds. The number of hydrogen-bond acceptors (Lipinski definition) is 1. The van der Waals surface area contributed by atoms with Crippen LogP contribution in [0.25, 0.3) is 0 Å². The van der Waals surface area contributed by atoms with E-state index in [-0.39, 0.29) is 6.03 Å². The Labute approximate surface area is 132 Å². The number of urea groups is 1. The van der Waals surface area contributed by atoms with Crippen molar-refractivity contribution in [1.82, 2.24) is 4.90 Å². The fourth-order valence-corrected chi connectivity index (χ4v) is 3.03. The molecule has 1 fully saturated rings. The number of hydrogen-bond donors (Lipinski definition) is 1. The summed E-state index contributed by atoms with van der Waals surface area (Å²) >= 11 is 5.88. The van der Waals surface area contributed by atoms with Gasteiger partial charge in [-0.1, -0.05) is 44.2 Å². The first kappa shape index (κ1) is 16.2. The Morgan fingerprint density at radius 1 is 1.24 bits per heavy atom. The number of nitrogens with zero attached hydrogens (tertiary/aromatic N) is 1. The Morgan fingerprint density at radius 3 is 2.52 bits per heavy atom. The molecule has 0 unspecified atom stereocenters. The minimum Gasteiger partial charge on any atom is -0.322 e. The van der Waals surface area contributed by atoms with E-state index in [0.717, 1.165) is 37.9 Å². The summed E-state index contributed by atoms with van der Waals surface area (Å²) in [5.41, 5.74) is 0.807. The minimum atomic E-state index is 0.0256. The van der Waals surface area contributed by atoms with Crippen molar-refractivity contribution in [1.29, 1.82) is 0 Å². The van der Waals surface area contributed by atoms with Gasteiger partial charge in [0, 0.05) is 23.3 Å². The summed E-state index contributed by atoms with van der Waals surface area (Å²) in [6, 6.07) is 7.72. The third-order valence-electron chi connectivity index (χ3n) is 4.12. The van der Waals surface area contributed by atoms with Crippen LogP contribution in [0, 0.1) is 0 Å². The highest BCUT2D eigenvalue weighted by Crippen LogP contribution is 2.24. The van der Waals surface area contributed by atoms with Crippen LogP contribution >= 0.6 is 11.6 Å². The lowest BCUT2D eigenvalue weighted by Gasteiger charge is -2.34. The van der Waals surface area contributed by atoms with Crippen LogP contribution in [0.2, 0.25) is 5.02 Å². The monoisotopic (exact) mass is 308 g/mol. The summed E-state index contributed by atoms with van der Waals surface area (Å²) < 4.78 is 0. The Hall–Kier alpha value is -1.22. The minimum absolute atomic E-state index is 0.0256. The molecule has 0 saturated heterocycles. The van der Waals surface area contributed by atoms with Crippen LogP contribution in [-0.2, 0) is 0 Å². The van der Waals surface area contributed by atoms with Gasteiger partial charge in [0.05, 0.1) is 0 Å². The van der Waals surface area contributed by atoms with Crippen molar-refractivity contribution >= 4 is 23.3 Å². The molecule has 0 aromatic heterocycles. The normalized spacial score (nSPS) is 15.7. The van der Waals surface area contributed by atoms with Gasteiger partial charge in [0.2, 0.25) is 0 Å². The third kappa shape index (κ3) is 4.92. The molecule has 0 heterocycles. The quantitative estimate of drug-likeness (QED) is 0.785. The van der Waals surface area contributed by atoms with E-state index in [1.807, 2.05) is 17.0 Å². The molecule has 1 N–H and O–H groups in total. The van der Waals surface area contributed by atoms with Crippen molar-refractivity contribution in [2.75, 3.05) is 11.9 Å². The van der Waals surface area contributed by atoms with Gasteiger partial charge < -0.3 is 10.2 Å². The van der Waals surface area contributed by atoms with Gasteiger partial charge in [0.1, 0.15) is 0 Å². The van der Waals surface area contributed by atoms with Crippen LogP contribution in [0.15, 0.2) is 24.3 Å². The summed E-state index contributed by atoms with van der Waals surface area (Å²) in [5.74, 6) is 0. The van der Waals surface area contributed by atoms with Crippen LogP contribution in [-0.4, -0.2) is 23.5 Å². The number of carbonyl (C=O) groups is 1. The van der Waals surface area contributed by atoms with Crippen molar-refractivity contribution in [2.45, 2.75) is 57.9 Å². The van der Waals surface area contributed by atoms with Gasteiger partial charge in [-0.05, 0) is 43.5 Å². The summed E-state index contributed by atoms with van der Waals surface area (Å²) in [7, 11) is 0. The van der Waals surface area contributed by atoms with Crippen LogP contribution in [0.3, 0.4) is 0 Å². The molecule has 2 rings (SSSR count). The van der Waals surface area contributed by atoms with Crippen LogP contribution in [0.5, 0.6) is 0 Å². The van der Waals surface area contributed by atoms with Gasteiger partial charge in [-0.15, -0.1) is 0 Å². The molecule has 1 aliphatic rings. The summed E-state index contributed by atoms with van der Waals surface area (Å²) in [6.07, 6.45) is 8.22. The first-order valence-corrected chi connectivity index (χ1v) is 8.41. The predicted molar refractivity (Wildman–Crippen MR) is 89.0 cm³/mol. The number of carbonyl (C=O) groups excluding carboxylic acids is 1. The fraction of sp³-hybridized carbons (Fsp3) is 0.588. The van der Waals surface area contributed by atoms with E-state index < -0.39 is 0 Å². The Kier molecular flexibility index (Phi) is 6.37. The topological polar surface area (TPSA) is 32.3 Å². The molecule has 116 valence electrons. The highest BCUT2D eigenvalue weighted by atomic mass is 35.5. The number of nitrogens with one attached hydrogen (secondary N) is 1. The molecule has 4 heteroatoms. The van der Waals surface area contributed by atoms with Crippen molar-refractivity contribution in [3.8, 4) is 0 Å². The van der Waals surface area contributed by atoms with Gasteiger partial charge in [-0.3, -0.25) is 0 Å². The van der Waals surface area contributed by atoms with Crippen molar-refractivity contribution in [2.24, 2.45) is 0 Å². The van der Waals surface area contributed by atoms with E-state index in [9.17, 15) is 4.79 Å². The molecule has 0 atom stereocenters. The highest BCUT2D eigenvalue weighted by molar-refractivity contribution is 6.30. The standard InChI is InChI=1S/C17H25ClN2O/c1-2-3-13-20(16-7-5-4-6-8-16)17(21)19-15-11-9-14(18)10-12-15/h9-12,16H,2-8,13H2,1H3,(H,19,21). The highest BCUT2D eigenvalue weighted by Gasteiger charge is 2.24. The lowest BCUT2D eigenvalue weighted by molar-refractivity contribution is 0.166. The van der Waals surface area contributed by atoms with Gasteiger partial charge in [0.25, 0.3) is 0 Å². The van der Waals surface area contributed by atoms with Gasteiger partial charge in [-0.25, -0.2) is 4.79 Å². The zero-order valence-electron chi connectivity index (χ0n) is 12.8. The molecule has 1 aromatic carbocycles. The van der Waals surface area contributed by atoms with E-state index in [1.165, 1.54) is 19.3 Å². The predicted octanol–water partition coefficient (Wildman–Crippen LogP) is 5.31. The smallest absolute Gasteiger partial charge is 0.322 e. The summed E-state index contributed by atoms with van der Waals surface area (Å²) in [6.45, 7) is 3.01. The van der Waals surface area contributed by atoms with E-state index in [2.05, 4.69) is 12.2 Å². The second-order valence-corrected chi connectivity index (χ2v) is 6.21. The van der Waals surface area contributed by atoms with E-state index >= 15 is 0 Å². The zero-order chi connectivity index (χ0) is 15.1. The van der Waals surface area contributed by atoms with Gasteiger partial charge in [0.15, 0.2) is 0 Å². The first-order chi connectivity index (χ1) is 10.2. The number of anilines is 1. The maximum atomic E-state index is 12.6. The summed E-state index contributed by atoms with van der Waals surface area (Å²) in [5, 5.41) is 3.69. The molecular weight excluding hydrogens is 284 g/mol. The molecule has 1 saturated carbocycles. The van der Waals surface area contributed by atoms with Crippen molar-refractivity contribution in [3.05, 3.63) is 29.3 Å². The largest absolute Gasteiger partial charge is 0.322 e. The Balaban J connectivity index is 2.00. The lowest BCUT2D eigenvalue weighted by Crippen LogP contribution is -2.44. The second kappa shape index (κ2) is 8.28. The molecule has 0 spiro atoms. The summed E-state index contributed by atoms with van der Waals surface area (Å²) in [4.78, 5) is 14.6. The average Bonchev–Trinajstić information content (AvgIpc) is 2.51. The number of benzene rings is 1. The average molecular weight is 309 g/mol. The van der Waals surface area contributed by atoms with E-state index in [0.29, 0.717) is 11.1 Å². The Bertz CT molecular complexity index is 441.